The number of carbonyl (C=O) groups excluding carboxylic acids is 4. The zero-order valence-corrected chi connectivity index (χ0v) is 33.4. The minimum Gasteiger partial charge on any atom is -0.271 e. The maximum absolute atomic E-state index is 14.5. The van der Waals surface area contributed by atoms with Crippen LogP contribution in [0.2, 0.25) is 0 Å². The van der Waals surface area contributed by atoms with Crippen molar-refractivity contribution in [1.29, 1.82) is 0 Å². The third kappa shape index (κ3) is 5.10. The molecule has 3 heterocycles. The molecule has 0 unspecified atom stereocenters. The number of halogens is 1. The van der Waals surface area contributed by atoms with Gasteiger partial charge in [-0.1, -0.05) is 67.6 Å². The van der Waals surface area contributed by atoms with Gasteiger partial charge in [-0.15, -0.1) is 0 Å². The number of aromatic nitrogens is 3. The quantitative estimate of drug-likeness (QED) is 0.0757. The van der Waals surface area contributed by atoms with Crippen LogP contribution in [0.1, 0.15) is 106 Å². The van der Waals surface area contributed by atoms with E-state index >= 15 is 0 Å². The van der Waals surface area contributed by atoms with Gasteiger partial charge in [0.1, 0.15) is 0 Å². The molecule has 0 fully saturated rings. The topological polar surface area (TPSA) is 162 Å². The summed E-state index contributed by atoms with van der Waals surface area (Å²) < 4.78 is 1.42. The van der Waals surface area contributed by atoms with E-state index in [0.717, 1.165) is 15.3 Å². The first-order valence-electron chi connectivity index (χ1n) is 19.2. The maximum atomic E-state index is 14.5. The van der Waals surface area contributed by atoms with Crippen LogP contribution in [0.3, 0.4) is 0 Å². The third-order valence-electron chi connectivity index (χ3n) is 11.8. The van der Waals surface area contributed by atoms with E-state index < -0.39 is 23.0 Å². The second-order valence-electron chi connectivity index (χ2n) is 14.7. The molecule has 0 saturated carbocycles. The molecule has 4 amide bonds. The van der Waals surface area contributed by atoms with Crippen LogP contribution < -0.4 is 17.1 Å². The first-order valence-corrected chi connectivity index (χ1v) is 20.0. The molecule has 13 heteroatoms. The molecule has 288 valence electrons. The minimum absolute atomic E-state index is 0.209. The predicted molar refractivity (Wildman–Crippen MR) is 224 cm³/mol. The van der Waals surface area contributed by atoms with Gasteiger partial charge in [-0.3, -0.25) is 38.9 Å². The van der Waals surface area contributed by atoms with E-state index in [4.69, 9.17) is 0 Å². The summed E-state index contributed by atoms with van der Waals surface area (Å²) in [6.07, 6.45) is 2.40. The van der Waals surface area contributed by atoms with Gasteiger partial charge in [0.25, 0.3) is 23.6 Å². The standard InChI is InChI=1S/C45H34BrN5O7/c1-5-23(6-2)49-39(52)28-18-16-27-36-32(46)20-31-35-29(40(53)50(42(31)55)24(7-3)8-4)17-15-26(38(35)36)33-22(19-30(41(49)54)34(28)37(27)33)12-9-21-10-13-25(14-11-21)51-44(57)47-43(56)48-45(51)58/h10-11,13-20,23-24H,5-8H2,1-4H3,(H2,47,48,56,57,58). The van der Waals surface area contributed by atoms with Gasteiger partial charge in [-0.2, -0.15) is 0 Å². The predicted octanol–water partition coefficient (Wildman–Crippen LogP) is 7.00. The zero-order chi connectivity index (χ0) is 40.9. The summed E-state index contributed by atoms with van der Waals surface area (Å²) in [7, 11) is 0. The highest BCUT2D eigenvalue weighted by atomic mass is 79.9. The molecule has 2 aliphatic heterocycles. The molecular weight excluding hydrogens is 802 g/mol. The molecule has 58 heavy (non-hydrogen) atoms. The molecular formula is C45H34BrN5O7. The number of carbonyl (C=O) groups is 4. The van der Waals surface area contributed by atoms with Gasteiger partial charge in [0, 0.05) is 82.3 Å². The number of nitrogens with zero attached hydrogens (tertiary/aromatic N) is 3. The average Bonchev–Trinajstić information content (AvgIpc) is 3.21. The van der Waals surface area contributed by atoms with Crippen molar-refractivity contribution in [3.63, 3.8) is 0 Å². The summed E-state index contributed by atoms with van der Waals surface area (Å²) in [5, 5.41) is 5.25. The molecule has 6 aromatic carbocycles. The van der Waals surface area contributed by atoms with Crippen molar-refractivity contribution in [3.8, 4) is 17.5 Å². The largest absolute Gasteiger partial charge is 0.338 e. The Balaban J connectivity index is 1.35. The SMILES string of the molecule is CCC(CC)N1C(=O)c2ccc3c4c(C#Cc5ccc(-n6c(=O)[nH]c(=O)[nH]c6=O)cc5)cc5c6c(ccc(c7c(Br)cc(c2c37)C1=O)c64)C(=O)N(C(CC)CC)C5=O. The Bertz CT molecular complexity index is 3220. The number of nitrogens with one attached hydrogen (secondary N) is 2. The fraction of sp³-hybridized carbons (Fsp3) is 0.222. The Morgan fingerprint density at radius 2 is 1.00 bits per heavy atom. The highest BCUT2D eigenvalue weighted by molar-refractivity contribution is 9.10. The van der Waals surface area contributed by atoms with Crippen molar-refractivity contribution in [2.45, 2.75) is 65.5 Å². The number of hydrogen-bond acceptors (Lipinski definition) is 7. The van der Waals surface area contributed by atoms with Gasteiger partial charge in [0.15, 0.2) is 0 Å². The van der Waals surface area contributed by atoms with Gasteiger partial charge in [-0.25, -0.2) is 19.0 Å². The number of benzene rings is 6. The lowest BCUT2D eigenvalue weighted by molar-refractivity contribution is 0.0514. The molecule has 7 aromatic rings. The Labute approximate surface area is 337 Å². The Kier molecular flexibility index (Phi) is 8.59. The second kappa shape index (κ2) is 13.5. The lowest BCUT2D eigenvalue weighted by Crippen LogP contribution is -2.46. The van der Waals surface area contributed by atoms with E-state index in [1.165, 1.54) is 21.9 Å². The number of aromatic amines is 2. The summed E-state index contributed by atoms with van der Waals surface area (Å²) in [6, 6.07) is 16.5. The highest BCUT2D eigenvalue weighted by Crippen LogP contribution is 2.50. The molecule has 9 rings (SSSR count). The molecule has 0 aliphatic carbocycles. The molecule has 0 atom stereocenters. The van der Waals surface area contributed by atoms with Crippen molar-refractivity contribution in [3.05, 3.63) is 130 Å². The van der Waals surface area contributed by atoms with Crippen molar-refractivity contribution in [1.82, 2.24) is 24.3 Å². The first-order chi connectivity index (χ1) is 27.9. The number of amides is 4. The van der Waals surface area contributed by atoms with Crippen molar-refractivity contribution >= 4 is 82.6 Å². The summed E-state index contributed by atoms with van der Waals surface area (Å²) in [5.41, 5.74) is 0.0837. The number of fused-ring (bicyclic) bond motifs is 2. The van der Waals surface area contributed by atoms with Crippen molar-refractivity contribution < 1.29 is 19.2 Å². The Morgan fingerprint density at radius 3 is 1.52 bits per heavy atom. The van der Waals surface area contributed by atoms with Gasteiger partial charge < -0.3 is 0 Å². The van der Waals surface area contributed by atoms with Crippen molar-refractivity contribution in [2.24, 2.45) is 0 Å². The van der Waals surface area contributed by atoms with E-state index in [1.54, 1.807) is 36.4 Å². The normalized spacial score (nSPS) is 14.0. The van der Waals surface area contributed by atoms with Crippen LogP contribution >= 0.6 is 15.9 Å². The van der Waals surface area contributed by atoms with Crippen LogP contribution in [0.5, 0.6) is 0 Å². The number of hydrogen-bond donors (Lipinski definition) is 2. The van der Waals surface area contributed by atoms with Crippen LogP contribution in [0.25, 0.3) is 48.8 Å². The average molecular weight is 837 g/mol. The lowest BCUT2D eigenvalue weighted by atomic mass is 9.80. The molecule has 0 bridgehead atoms. The van der Waals surface area contributed by atoms with E-state index in [2.05, 4.69) is 27.8 Å². The maximum Gasteiger partial charge on any atom is 0.338 e. The van der Waals surface area contributed by atoms with Crippen LogP contribution in [0.4, 0.5) is 0 Å². The van der Waals surface area contributed by atoms with E-state index in [0.29, 0.717) is 95.9 Å². The fourth-order valence-corrected chi connectivity index (χ4v) is 9.66. The number of H-pyrrole nitrogens is 2. The van der Waals surface area contributed by atoms with Gasteiger partial charge in [-0.05, 0) is 85.0 Å². The van der Waals surface area contributed by atoms with Gasteiger partial charge in [0.2, 0.25) is 0 Å². The van der Waals surface area contributed by atoms with Crippen molar-refractivity contribution in [2.75, 3.05) is 0 Å². The smallest absolute Gasteiger partial charge is 0.271 e. The van der Waals surface area contributed by atoms with Gasteiger partial charge >= 0.3 is 17.1 Å². The van der Waals surface area contributed by atoms with Crippen LogP contribution in [0, 0.1) is 11.8 Å². The highest BCUT2D eigenvalue weighted by Gasteiger charge is 2.40. The molecule has 0 saturated heterocycles. The van der Waals surface area contributed by atoms with Crippen LogP contribution in [0.15, 0.2) is 79.5 Å². The fourth-order valence-electron chi connectivity index (χ4n) is 9.02. The summed E-state index contributed by atoms with van der Waals surface area (Å²) in [5.74, 6) is 5.00. The second-order valence-corrected chi connectivity index (χ2v) is 15.5. The van der Waals surface area contributed by atoms with E-state index in [9.17, 15) is 33.6 Å². The monoisotopic (exact) mass is 835 g/mol. The lowest BCUT2D eigenvalue weighted by Gasteiger charge is -2.35. The molecule has 0 spiro atoms. The number of imide groups is 2. The van der Waals surface area contributed by atoms with Crippen LogP contribution in [-0.4, -0.2) is 60.0 Å². The first kappa shape index (κ1) is 37.0. The zero-order valence-electron chi connectivity index (χ0n) is 31.8. The Hall–Kier alpha value is -6.65. The molecule has 1 aromatic heterocycles. The summed E-state index contributed by atoms with van der Waals surface area (Å²) >= 11 is 3.80. The molecule has 2 aliphatic rings. The molecule has 0 radical (unpaired) electrons. The minimum atomic E-state index is -0.912. The molecule has 12 nitrogen and oxygen atoms in total. The third-order valence-corrected chi connectivity index (χ3v) is 12.4. The Morgan fingerprint density at radius 1 is 0.534 bits per heavy atom. The van der Waals surface area contributed by atoms with E-state index in [-0.39, 0.29) is 35.5 Å². The van der Waals surface area contributed by atoms with Gasteiger partial charge in [0.05, 0.1) is 5.69 Å². The summed E-state index contributed by atoms with van der Waals surface area (Å²) in [6.45, 7) is 7.81. The van der Waals surface area contributed by atoms with E-state index in [1.807, 2.05) is 49.8 Å². The summed E-state index contributed by atoms with van der Waals surface area (Å²) in [4.78, 5) is 100. The number of rotatable bonds is 7. The molecule has 2 N–H and O–H groups in total. The van der Waals surface area contributed by atoms with Crippen LogP contribution in [-0.2, 0) is 0 Å².